The van der Waals surface area contributed by atoms with Crippen LogP contribution in [-0.2, 0) is 20.8 Å². The van der Waals surface area contributed by atoms with Crippen molar-refractivity contribution >= 4 is 40.1 Å². The largest absolute Gasteiger partial charge is 0.403 e. The molecule has 2 saturated heterocycles. The fourth-order valence-electron chi connectivity index (χ4n) is 6.35. The van der Waals surface area contributed by atoms with Gasteiger partial charge in [-0.25, -0.2) is 0 Å². The number of alkyl halides is 3. The van der Waals surface area contributed by atoms with Crippen molar-refractivity contribution < 1.29 is 37.8 Å². The molecule has 4 aliphatic rings. The summed E-state index contributed by atoms with van der Waals surface area (Å²) in [6.45, 7) is -0.204. The van der Waals surface area contributed by atoms with Gasteiger partial charge in [0.1, 0.15) is 11.5 Å². The molecule has 1 saturated carbocycles. The highest BCUT2D eigenvalue weighted by Crippen LogP contribution is 2.58. The molecule has 12 heteroatoms. The Balaban J connectivity index is 1.07. The predicted molar refractivity (Wildman–Crippen MR) is 145 cm³/mol. The minimum absolute atomic E-state index is 0.102. The number of aromatic nitrogens is 2. The minimum atomic E-state index is -5.38. The van der Waals surface area contributed by atoms with Gasteiger partial charge in [-0.05, 0) is 60.7 Å². The maximum absolute atomic E-state index is 13.9. The van der Waals surface area contributed by atoms with Crippen LogP contribution in [0.25, 0.3) is 10.8 Å². The number of carbonyl (C=O) groups excluding carboxylic acids is 4. The summed E-state index contributed by atoms with van der Waals surface area (Å²) in [6, 6.07) is 8.03. The summed E-state index contributed by atoms with van der Waals surface area (Å²) in [7, 11) is 0. The predicted octanol–water partition coefficient (Wildman–Crippen LogP) is 3.90. The van der Waals surface area contributed by atoms with Crippen molar-refractivity contribution in [1.82, 2.24) is 20.0 Å². The Morgan fingerprint density at radius 3 is 2.55 bits per heavy atom. The average molecular weight is 584 g/mol. The molecule has 3 aromatic rings. The third-order valence-electron chi connectivity index (χ3n) is 8.64. The SMILES string of the molecule is [2H]C1([2H])C([2H])([2H])C1(C(=O)N1CCC(n2cc(Cc3ccc4c5c(cccc35)C(=O)N4C3CCC(=O)NC3=O)cn2)CC1)C(F)(F)F. The number of carbonyl (C=O) groups is 4. The first-order valence-corrected chi connectivity index (χ1v) is 13.7. The molecule has 7 rings (SSSR count). The molecule has 0 bridgehead atoms. The molecule has 4 amide bonds. The standard InChI is InChI=1S/C30H28F3N5O4/c31-30(32,33)29(10-11-29)28(42)36-12-8-19(9-13-36)37-16-17(15-34-37)14-18-4-5-22-25-20(18)2-1-3-21(25)27(41)38(22)23-6-7-24(39)35-26(23)40/h1-5,15-16,19,23H,6-14H2,(H,35,39,40)/i10D2,11D2. The van der Waals surface area contributed by atoms with Crippen LogP contribution in [0.5, 0.6) is 0 Å². The molecule has 9 nitrogen and oxygen atoms in total. The molecular formula is C30H28F3N5O4. The zero-order valence-corrected chi connectivity index (χ0v) is 22.2. The summed E-state index contributed by atoms with van der Waals surface area (Å²) in [5.41, 5.74) is -0.909. The van der Waals surface area contributed by atoms with E-state index in [1.807, 2.05) is 18.3 Å². The van der Waals surface area contributed by atoms with Crippen LogP contribution in [0.4, 0.5) is 18.9 Å². The Morgan fingerprint density at radius 1 is 1.10 bits per heavy atom. The number of nitrogens with zero attached hydrogens (tertiary/aromatic N) is 4. The highest BCUT2D eigenvalue weighted by atomic mass is 19.4. The molecule has 1 unspecified atom stereocenters. The van der Waals surface area contributed by atoms with Gasteiger partial charge in [0, 0.05) is 48.6 Å². The average Bonchev–Trinajstić information content (AvgIpc) is 3.36. The number of rotatable bonds is 5. The van der Waals surface area contributed by atoms with E-state index in [2.05, 4.69) is 10.4 Å². The van der Waals surface area contributed by atoms with Gasteiger partial charge in [-0.2, -0.15) is 18.3 Å². The Bertz CT molecular complexity index is 1820. The molecule has 1 atom stereocenters. The number of amides is 4. The fraction of sp³-hybridized carbons (Fsp3) is 0.433. The zero-order chi connectivity index (χ0) is 33.0. The minimum Gasteiger partial charge on any atom is -0.342 e. The highest BCUT2D eigenvalue weighted by Gasteiger charge is 2.69. The van der Waals surface area contributed by atoms with E-state index in [0.29, 0.717) is 17.7 Å². The van der Waals surface area contributed by atoms with Crippen LogP contribution in [0.3, 0.4) is 0 Å². The van der Waals surface area contributed by atoms with Crippen LogP contribution in [0.2, 0.25) is 0 Å². The number of halogens is 3. The van der Waals surface area contributed by atoms with Crippen LogP contribution < -0.4 is 10.2 Å². The van der Waals surface area contributed by atoms with Gasteiger partial charge in [0.15, 0.2) is 0 Å². The molecule has 42 heavy (non-hydrogen) atoms. The monoisotopic (exact) mass is 583 g/mol. The van der Waals surface area contributed by atoms with E-state index in [1.165, 1.54) is 4.90 Å². The number of hydrogen-bond donors (Lipinski definition) is 1. The van der Waals surface area contributed by atoms with Crippen LogP contribution >= 0.6 is 0 Å². The number of hydrogen-bond acceptors (Lipinski definition) is 5. The molecule has 4 heterocycles. The van der Waals surface area contributed by atoms with Crippen molar-refractivity contribution in [2.75, 3.05) is 18.0 Å². The van der Waals surface area contributed by atoms with E-state index in [0.717, 1.165) is 26.8 Å². The summed E-state index contributed by atoms with van der Waals surface area (Å²) in [5, 5.41) is 8.32. The molecule has 1 N–H and O–H groups in total. The maximum Gasteiger partial charge on any atom is 0.403 e. The first-order chi connectivity index (χ1) is 21.6. The van der Waals surface area contributed by atoms with E-state index in [9.17, 15) is 32.3 Å². The van der Waals surface area contributed by atoms with Gasteiger partial charge in [-0.1, -0.05) is 18.2 Å². The van der Waals surface area contributed by atoms with Gasteiger partial charge in [0.05, 0.1) is 17.9 Å². The van der Waals surface area contributed by atoms with Crippen LogP contribution in [0, 0.1) is 5.41 Å². The van der Waals surface area contributed by atoms with Crippen molar-refractivity contribution in [3.63, 3.8) is 0 Å². The quantitative estimate of drug-likeness (QED) is 0.459. The Labute approximate surface area is 244 Å². The molecule has 218 valence electrons. The maximum atomic E-state index is 13.9. The third-order valence-corrected chi connectivity index (χ3v) is 8.64. The van der Waals surface area contributed by atoms with E-state index >= 15 is 0 Å². The normalized spacial score (nSPS) is 26.0. The fourth-order valence-corrected chi connectivity index (χ4v) is 6.35. The van der Waals surface area contributed by atoms with Gasteiger partial charge < -0.3 is 4.90 Å². The lowest BCUT2D eigenvalue weighted by molar-refractivity contribution is -0.199. The van der Waals surface area contributed by atoms with Gasteiger partial charge in [-0.15, -0.1) is 0 Å². The Hall–Kier alpha value is -4.22. The van der Waals surface area contributed by atoms with Crippen molar-refractivity contribution in [3.05, 3.63) is 59.4 Å². The second kappa shape index (κ2) is 9.40. The first-order valence-electron chi connectivity index (χ1n) is 15.7. The Kier molecular flexibility index (Phi) is 5.01. The summed E-state index contributed by atoms with van der Waals surface area (Å²) in [4.78, 5) is 53.0. The number of imide groups is 1. The van der Waals surface area contributed by atoms with Crippen LogP contribution in [0.15, 0.2) is 42.7 Å². The molecule has 3 fully saturated rings. The second-order valence-corrected chi connectivity index (χ2v) is 11.1. The summed E-state index contributed by atoms with van der Waals surface area (Å²) >= 11 is 0. The van der Waals surface area contributed by atoms with Crippen molar-refractivity contribution in [2.45, 2.75) is 63.1 Å². The van der Waals surface area contributed by atoms with Gasteiger partial charge in [0.25, 0.3) is 5.91 Å². The van der Waals surface area contributed by atoms with Gasteiger partial charge >= 0.3 is 6.18 Å². The molecular weight excluding hydrogens is 551 g/mol. The van der Waals surface area contributed by atoms with Crippen molar-refractivity contribution in [1.29, 1.82) is 0 Å². The molecule has 0 radical (unpaired) electrons. The van der Waals surface area contributed by atoms with Crippen molar-refractivity contribution in [3.8, 4) is 0 Å². The number of benzene rings is 2. The lowest BCUT2D eigenvalue weighted by atomic mass is 9.97. The molecule has 3 aliphatic heterocycles. The lowest BCUT2D eigenvalue weighted by Gasteiger charge is -2.35. The first kappa shape index (κ1) is 22.4. The summed E-state index contributed by atoms with van der Waals surface area (Å²) in [6.07, 6.45) is -7.28. The summed E-state index contributed by atoms with van der Waals surface area (Å²) < 4.78 is 74.1. The highest BCUT2D eigenvalue weighted by molar-refractivity contribution is 6.27. The topological polar surface area (TPSA) is 105 Å². The number of piperidine rings is 2. The van der Waals surface area contributed by atoms with E-state index < -0.39 is 42.2 Å². The molecule has 1 aliphatic carbocycles. The van der Waals surface area contributed by atoms with Gasteiger partial charge in [0.2, 0.25) is 17.7 Å². The number of anilines is 1. The van der Waals surface area contributed by atoms with Crippen LogP contribution in [-0.4, -0.2) is 63.6 Å². The van der Waals surface area contributed by atoms with Crippen molar-refractivity contribution in [2.24, 2.45) is 5.41 Å². The third kappa shape index (κ3) is 4.10. The van der Waals surface area contributed by atoms with Crippen LogP contribution in [0.1, 0.15) is 71.4 Å². The Morgan fingerprint density at radius 2 is 1.86 bits per heavy atom. The van der Waals surface area contributed by atoms with E-state index in [4.69, 9.17) is 5.48 Å². The zero-order valence-electron chi connectivity index (χ0n) is 26.2. The van der Waals surface area contributed by atoms with Gasteiger partial charge in [-0.3, -0.25) is 34.1 Å². The number of nitrogens with one attached hydrogen (secondary N) is 1. The van der Waals surface area contributed by atoms with E-state index in [-0.39, 0.29) is 56.6 Å². The van der Waals surface area contributed by atoms with E-state index in [1.54, 1.807) is 29.1 Å². The smallest absolute Gasteiger partial charge is 0.342 e. The molecule has 0 spiro atoms. The molecule has 1 aromatic heterocycles. The lowest BCUT2D eigenvalue weighted by Crippen LogP contribution is -2.53. The summed E-state index contributed by atoms with van der Waals surface area (Å²) in [5.74, 6) is -2.75. The second-order valence-electron chi connectivity index (χ2n) is 11.1. The molecule has 2 aromatic carbocycles. The number of likely N-dealkylation sites (tertiary alicyclic amines) is 1.